The number of anilines is 1. The zero-order valence-corrected chi connectivity index (χ0v) is 15.0. The van der Waals surface area contributed by atoms with Gasteiger partial charge in [0.05, 0.1) is 18.5 Å². The van der Waals surface area contributed by atoms with Crippen molar-refractivity contribution in [3.8, 4) is 11.6 Å². The van der Waals surface area contributed by atoms with Crippen molar-refractivity contribution in [2.45, 2.75) is 13.8 Å². The Kier molecular flexibility index (Phi) is 4.98. The van der Waals surface area contributed by atoms with Gasteiger partial charge in [-0.05, 0) is 32.0 Å². The molecule has 2 heterocycles. The number of hydrogen-bond acceptors (Lipinski definition) is 5. The van der Waals surface area contributed by atoms with Gasteiger partial charge in [-0.15, -0.1) is 0 Å². The number of carbonyl (C=O) groups is 1. The molecule has 1 aromatic carbocycles. The van der Waals surface area contributed by atoms with E-state index in [1.165, 1.54) is 30.0 Å². The van der Waals surface area contributed by atoms with Gasteiger partial charge in [0, 0.05) is 17.8 Å². The molecule has 0 aliphatic carbocycles. The third-order valence-corrected chi connectivity index (χ3v) is 3.92. The summed E-state index contributed by atoms with van der Waals surface area (Å²) in [7, 11) is 1.49. The average Bonchev–Trinajstić information content (AvgIpc) is 2.64. The summed E-state index contributed by atoms with van der Waals surface area (Å²) in [6, 6.07) is 10.4. The van der Waals surface area contributed by atoms with Crippen LogP contribution in [-0.4, -0.2) is 27.8 Å². The number of nitrogens with one attached hydrogen (secondary N) is 1. The normalized spacial score (nSPS) is 10.5. The molecule has 0 atom stereocenters. The molecule has 0 saturated heterocycles. The van der Waals surface area contributed by atoms with Gasteiger partial charge in [-0.25, -0.2) is 14.1 Å². The fourth-order valence-electron chi connectivity index (χ4n) is 2.54. The number of halogens is 1. The molecule has 1 amide bonds. The van der Waals surface area contributed by atoms with Gasteiger partial charge in [0.25, 0.3) is 5.91 Å². The molecule has 2 aromatic heterocycles. The van der Waals surface area contributed by atoms with E-state index in [0.717, 1.165) is 0 Å². The number of amides is 1. The number of para-hydroxylation sites is 1. The topological polar surface area (TPSA) is 86.1 Å². The Bertz CT molecular complexity index is 1080. The van der Waals surface area contributed by atoms with E-state index in [9.17, 15) is 14.0 Å². The lowest BCUT2D eigenvalue weighted by atomic mass is 10.2. The van der Waals surface area contributed by atoms with E-state index >= 15 is 0 Å². The summed E-state index contributed by atoms with van der Waals surface area (Å²) in [5, 5.41) is 6.67. The van der Waals surface area contributed by atoms with Gasteiger partial charge in [-0.2, -0.15) is 5.10 Å². The van der Waals surface area contributed by atoms with Crippen molar-refractivity contribution in [1.82, 2.24) is 14.8 Å². The lowest BCUT2D eigenvalue weighted by Crippen LogP contribution is -2.27. The number of benzene rings is 1. The van der Waals surface area contributed by atoms with Crippen molar-refractivity contribution in [2.75, 3.05) is 12.4 Å². The van der Waals surface area contributed by atoms with E-state index in [-0.39, 0.29) is 11.4 Å². The van der Waals surface area contributed by atoms with Crippen LogP contribution in [-0.2, 0) is 0 Å². The number of aryl methyl sites for hydroxylation is 2. The molecule has 0 unspecified atom stereocenters. The second-order valence-electron chi connectivity index (χ2n) is 5.80. The van der Waals surface area contributed by atoms with Crippen LogP contribution >= 0.6 is 0 Å². The number of nitrogens with zero attached hydrogens (tertiary/aromatic N) is 3. The zero-order valence-electron chi connectivity index (χ0n) is 15.0. The van der Waals surface area contributed by atoms with Gasteiger partial charge in [-0.1, -0.05) is 12.1 Å². The predicted molar refractivity (Wildman–Crippen MR) is 98.0 cm³/mol. The van der Waals surface area contributed by atoms with Gasteiger partial charge in [-0.3, -0.25) is 9.59 Å². The van der Waals surface area contributed by atoms with Gasteiger partial charge in [0.15, 0.2) is 5.69 Å². The molecule has 0 aliphatic rings. The fourth-order valence-corrected chi connectivity index (χ4v) is 2.54. The summed E-state index contributed by atoms with van der Waals surface area (Å²) in [6.07, 6.45) is 0. The van der Waals surface area contributed by atoms with E-state index in [2.05, 4.69) is 15.4 Å². The smallest absolute Gasteiger partial charge is 0.280 e. The lowest BCUT2D eigenvalue weighted by molar-refractivity contribution is 0.101. The number of hydrogen-bond donors (Lipinski definition) is 1. The Balaban J connectivity index is 1.99. The maximum atomic E-state index is 14.1. The monoisotopic (exact) mass is 368 g/mol. The molecule has 0 fully saturated rings. The maximum Gasteiger partial charge on any atom is 0.280 e. The highest BCUT2D eigenvalue weighted by molar-refractivity contribution is 6.03. The van der Waals surface area contributed by atoms with Crippen molar-refractivity contribution in [2.24, 2.45) is 0 Å². The molecule has 138 valence electrons. The number of rotatable bonds is 4. The summed E-state index contributed by atoms with van der Waals surface area (Å²) in [5.74, 6) is -0.820. The van der Waals surface area contributed by atoms with Crippen LogP contribution in [0.3, 0.4) is 0 Å². The van der Waals surface area contributed by atoms with Gasteiger partial charge >= 0.3 is 0 Å². The molecule has 27 heavy (non-hydrogen) atoms. The van der Waals surface area contributed by atoms with E-state index in [4.69, 9.17) is 4.74 Å². The molecule has 8 heteroatoms. The first-order chi connectivity index (χ1) is 12.9. The Hall–Kier alpha value is -3.55. The molecule has 3 aromatic rings. The lowest BCUT2D eigenvalue weighted by Gasteiger charge is -2.12. The first kappa shape index (κ1) is 18.2. The van der Waals surface area contributed by atoms with Crippen LogP contribution in [0.5, 0.6) is 5.88 Å². The molecule has 0 bridgehead atoms. The van der Waals surface area contributed by atoms with Crippen molar-refractivity contribution < 1.29 is 13.9 Å². The molecule has 1 N–H and O–H groups in total. The number of methoxy groups -OCH3 is 1. The third-order valence-electron chi connectivity index (χ3n) is 3.92. The minimum atomic E-state index is -0.708. The highest BCUT2D eigenvalue weighted by Crippen LogP contribution is 2.18. The Labute approximate surface area is 154 Å². The molecule has 0 saturated carbocycles. The number of aromatic nitrogens is 3. The highest BCUT2D eigenvalue weighted by atomic mass is 19.1. The van der Waals surface area contributed by atoms with Crippen LogP contribution in [0.15, 0.2) is 47.3 Å². The van der Waals surface area contributed by atoms with Crippen molar-refractivity contribution in [3.05, 3.63) is 75.6 Å². The molecular formula is C19H17FN4O3. The minimum absolute atomic E-state index is 0.145. The Morgan fingerprint density at radius 1 is 1.19 bits per heavy atom. The summed E-state index contributed by atoms with van der Waals surface area (Å²) in [4.78, 5) is 29.0. The summed E-state index contributed by atoms with van der Waals surface area (Å²) < 4.78 is 20.4. The van der Waals surface area contributed by atoms with Crippen molar-refractivity contribution in [3.63, 3.8) is 0 Å². The van der Waals surface area contributed by atoms with Crippen LogP contribution in [0.2, 0.25) is 0 Å². The van der Waals surface area contributed by atoms with Crippen LogP contribution < -0.4 is 15.5 Å². The Morgan fingerprint density at radius 3 is 2.59 bits per heavy atom. The summed E-state index contributed by atoms with van der Waals surface area (Å²) in [5.41, 5.74) is 0.579. The maximum absolute atomic E-state index is 14.1. The van der Waals surface area contributed by atoms with Gasteiger partial charge in [0.2, 0.25) is 11.3 Å². The molecule has 0 aliphatic heterocycles. The van der Waals surface area contributed by atoms with Gasteiger partial charge in [0.1, 0.15) is 11.5 Å². The minimum Gasteiger partial charge on any atom is -0.481 e. The fraction of sp³-hybridized carbons (Fsp3) is 0.158. The van der Waals surface area contributed by atoms with E-state index in [1.54, 1.807) is 38.1 Å². The average molecular weight is 368 g/mol. The first-order valence-electron chi connectivity index (χ1n) is 8.09. The number of carbonyl (C=O) groups excluding carboxylic acids is 1. The Morgan fingerprint density at radius 2 is 1.93 bits per heavy atom. The molecular weight excluding hydrogens is 351 g/mol. The third kappa shape index (κ3) is 3.69. The number of ether oxygens (including phenoxy) is 1. The second-order valence-corrected chi connectivity index (χ2v) is 5.80. The van der Waals surface area contributed by atoms with Crippen LogP contribution in [0.25, 0.3) is 5.69 Å². The van der Waals surface area contributed by atoms with E-state index in [1.807, 2.05) is 0 Å². The highest BCUT2D eigenvalue weighted by Gasteiger charge is 2.18. The first-order valence-corrected chi connectivity index (χ1v) is 8.09. The molecule has 0 radical (unpaired) electrons. The standard InChI is InChI=1S/C19H17FN4O3/c1-11-10-16(25)18(23-24(11)15-7-5-4-6-13(15)20)19(26)22-14-8-9-17(27-3)21-12(14)2/h4-10H,1-3H3,(H,22,26). The van der Waals surface area contributed by atoms with E-state index < -0.39 is 17.2 Å². The van der Waals surface area contributed by atoms with Crippen molar-refractivity contribution in [1.29, 1.82) is 0 Å². The second kappa shape index (κ2) is 7.36. The number of pyridine rings is 1. The van der Waals surface area contributed by atoms with E-state index in [0.29, 0.717) is 23.0 Å². The largest absolute Gasteiger partial charge is 0.481 e. The summed E-state index contributed by atoms with van der Waals surface area (Å²) >= 11 is 0. The molecule has 3 rings (SSSR count). The predicted octanol–water partition coefficient (Wildman–Crippen LogP) is 2.64. The quantitative estimate of drug-likeness (QED) is 0.765. The van der Waals surface area contributed by atoms with Crippen LogP contribution in [0.4, 0.5) is 10.1 Å². The summed E-state index contributed by atoms with van der Waals surface area (Å²) in [6.45, 7) is 3.30. The van der Waals surface area contributed by atoms with Crippen LogP contribution in [0.1, 0.15) is 21.9 Å². The molecule has 7 nitrogen and oxygen atoms in total. The zero-order chi connectivity index (χ0) is 19.6. The van der Waals surface area contributed by atoms with Crippen LogP contribution in [0, 0.1) is 19.7 Å². The van der Waals surface area contributed by atoms with Gasteiger partial charge < -0.3 is 10.1 Å². The van der Waals surface area contributed by atoms with Crippen molar-refractivity contribution >= 4 is 11.6 Å². The molecule has 0 spiro atoms. The SMILES string of the molecule is COc1ccc(NC(=O)c2nn(-c3ccccc3F)c(C)cc2=O)c(C)n1.